The molecule has 2 atom stereocenters. The second kappa shape index (κ2) is 4.14. The van der Waals surface area contributed by atoms with E-state index in [-0.39, 0.29) is 17.2 Å². The molecule has 1 saturated heterocycles. The first-order chi connectivity index (χ1) is 7.80. The predicted octanol–water partition coefficient (Wildman–Crippen LogP) is 3.28. The lowest BCUT2D eigenvalue weighted by molar-refractivity contribution is -0.0704. The van der Waals surface area contributed by atoms with Crippen LogP contribution in [0.2, 0.25) is 0 Å². The highest BCUT2D eigenvalue weighted by molar-refractivity contribution is 5.06. The summed E-state index contributed by atoms with van der Waals surface area (Å²) in [6.45, 7) is 10.7. The number of nitrogens with one attached hydrogen (secondary N) is 1. The molecule has 1 aromatic heterocycles. The molecule has 0 radical (unpaired) electrons. The fourth-order valence-electron chi connectivity index (χ4n) is 2.74. The fraction of sp³-hybridized carbons (Fsp3) is 0.714. The maximum Gasteiger partial charge on any atom is 0.120 e. The summed E-state index contributed by atoms with van der Waals surface area (Å²) in [6.07, 6.45) is 2.73. The fourth-order valence-corrected chi connectivity index (χ4v) is 2.74. The first-order valence-corrected chi connectivity index (χ1v) is 6.30. The zero-order chi connectivity index (χ0) is 12.7. The minimum atomic E-state index is -0.135. The molecule has 0 bridgehead atoms. The quantitative estimate of drug-likeness (QED) is 0.876. The normalized spacial score (nSPS) is 28.2. The standard InChI is InChI=1S/C14H23NO2/c1-10(11-7-6-8-16-11)15-12-9-13(2,3)17-14(12,4)5/h6-8,10,12,15H,9H2,1-5H3/t10-,12?/m0/s1. The van der Waals surface area contributed by atoms with Gasteiger partial charge >= 0.3 is 0 Å². The minimum absolute atomic E-state index is 0.0515. The monoisotopic (exact) mass is 237 g/mol. The van der Waals surface area contributed by atoms with Crippen molar-refractivity contribution in [2.75, 3.05) is 0 Å². The molecule has 1 aliphatic rings. The van der Waals surface area contributed by atoms with Crippen molar-refractivity contribution in [2.45, 2.75) is 64.3 Å². The highest BCUT2D eigenvalue weighted by atomic mass is 16.5. The van der Waals surface area contributed by atoms with Crippen molar-refractivity contribution in [2.24, 2.45) is 0 Å². The average Bonchev–Trinajstić information content (AvgIpc) is 2.72. The van der Waals surface area contributed by atoms with E-state index in [4.69, 9.17) is 9.15 Å². The van der Waals surface area contributed by atoms with Crippen LogP contribution in [0.15, 0.2) is 22.8 Å². The Bertz CT molecular complexity index is 368. The van der Waals surface area contributed by atoms with Gasteiger partial charge in [-0.25, -0.2) is 0 Å². The first-order valence-electron chi connectivity index (χ1n) is 6.30. The van der Waals surface area contributed by atoms with E-state index in [1.54, 1.807) is 6.26 Å². The van der Waals surface area contributed by atoms with Crippen LogP contribution in [0.5, 0.6) is 0 Å². The molecule has 0 amide bonds. The van der Waals surface area contributed by atoms with Gasteiger partial charge in [0.2, 0.25) is 0 Å². The Kier molecular flexibility index (Phi) is 3.08. The summed E-state index contributed by atoms with van der Waals surface area (Å²) in [6, 6.07) is 4.49. The van der Waals surface area contributed by atoms with Gasteiger partial charge in [-0.3, -0.25) is 0 Å². The summed E-state index contributed by atoms with van der Waals surface area (Å²) >= 11 is 0. The minimum Gasteiger partial charge on any atom is -0.468 e. The predicted molar refractivity (Wildman–Crippen MR) is 67.9 cm³/mol. The van der Waals surface area contributed by atoms with Crippen LogP contribution >= 0.6 is 0 Å². The number of furan rings is 1. The van der Waals surface area contributed by atoms with E-state index in [0.29, 0.717) is 6.04 Å². The summed E-state index contributed by atoms with van der Waals surface area (Å²) in [5.74, 6) is 0.977. The number of rotatable bonds is 3. The van der Waals surface area contributed by atoms with Gasteiger partial charge in [0.25, 0.3) is 0 Å². The Morgan fingerprint density at radius 1 is 1.35 bits per heavy atom. The third kappa shape index (κ3) is 2.72. The average molecular weight is 237 g/mol. The third-order valence-corrected chi connectivity index (χ3v) is 3.50. The van der Waals surface area contributed by atoms with Crippen molar-refractivity contribution < 1.29 is 9.15 Å². The molecule has 1 aromatic rings. The zero-order valence-electron chi connectivity index (χ0n) is 11.4. The van der Waals surface area contributed by atoms with Crippen molar-refractivity contribution >= 4 is 0 Å². The van der Waals surface area contributed by atoms with Crippen molar-refractivity contribution in [1.29, 1.82) is 0 Å². The molecule has 17 heavy (non-hydrogen) atoms. The molecule has 1 unspecified atom stereocenters. The second-order valence-corrected chi connectivity index (χ2v) is 6.13. The molecule has 96 valence electrons. The summed E-state index contributed by atoms with van der Waals surface area (Å²) in [4.78, 5) is 0. The SMILES string of the molecule is C[C@H](NC1CC(C)(C)OC1(C)C)c1ccco1. The largest absolute Gasteiger partial charge is 0.468 e. The van der Waals surface area contributed by atoms with E-state index < -0.39 is 0 Å². The van der Waals surface area contributed by atoms with Gasteiger partial charge in [-0.2, -0.15) is 0 Å². The molecule has 1 aliphatic heterocycles. The van der Waals surface area contributed by atoms with Crippen LogP contribution < -0.4 is 5.32 Å². The van der Waals surface area contributed by atoms with Crippen molar-refractivity contribution in [1.82, 2.24) is 5.32 Å². The number of hydrogen-bond donors (Lipinski definition) is 1. The molecule has 0 spiro atoms. The van der Waals surface area contributed by atoms with Crippen molar-refractivity contribution in [3.05, 3.63) is 24.2 Å². The molecule has 3 heteroatoms. The second-order valence-electron chi connectivity index (χ2n) is 6.13. The van der Waals surface area contributed by atoms with E-state index in [9.17, 15) is 0 Å². The topological polar surface area (TPSA) is 34.4 Å². The van der Waals surface area contributed by atoms with Crippen LogP contribution in [0.1, 0.15) is 52.8 Å². The van der Waals surface area contributed by atoms with Gasteiger partial charge in [-0.1, -0.05) is 0 Å². The van der Waals surface area contributed by atoms with Crippen LogP contribution in [0.3, 0.4) is 0 Å². The van der Waals surface area contributed by atoms with Crippen LogP contribution in [0.25, 0.3) is 0 Å². The Morgan fingerprint density at radius 3 is 2.53 bits per heavy atom. The number of hydrogen-bond acceptors (Lipinski definition) is 3. The van der Waals surface area contributed by atoms with Crippen molar-refractivity contribution in [3.8, 4) is 0 Å². The Hall–Kier alpha value is -0.800. The van der Waals surface area contributed by atoms with Gasteiger partial charge in [0.15, 0.2) is 0 Å². The maximum atomic E-state index is 6.07. The smallest absolute Gasteiger partial charge is 0.120 e. The molecular weight excluding hydrogens is 214 g/mol. The zero-order valence-corrected chi connectivity index (χ0v) is 11.4. The van der Waals surface area contributed by atoms with Crippen molar-refractivity contribution in [3.63, 3.8) is 0 Å². The summed E-state index contributed by atoms with van der Waals surface area (Å²) in [7, 11) is 0. The van der Waals surface area contributed by atoms with E-state index in [0.717, 1.165) is 12.2 Å². The highest BCUT2D eigenvalue weighted by Crippen LogP contribution is 2.38. The van der Waals surface area contributed by atoms with E-state index >= 15 is 0 Å². The lowest BCUT2D eigenvalue weighted by atomic mass is 9.93. The molecule has 0 saturated carbocycles. The lowest BCUT2D eigenvalue weighted by Gasteiger charge is -2.29. The van der Waals surface area contributed by atoms with Gasteiger partial charge < -0.3 is 14.5 Å². The van der Waals surface area contributed by atoms with Crippen LogP contribution in [-0.2, 0) is 4.74 Å². The molecule has 1 fully saturated rings. The Balaban J connectivity index is 2.04. The van der Waals surface area contributed by atoms with E-state index in [1.807, 2.05) is 12.1 Å². The molecule has 0 aliphatic carbocycles. The highest BCUT2D eigenvalue weighted by Gasteiger charge is 2.46. The molecule has 2 heterocycles. The molecule has 3 nitrogen and oxygen atoms in total. The molecule has 0 aromatic carbocycles. The van der Waals surface area contributed by atoms with Crippen LogP contribution in [0.4, 0.5) is 0 Å². The maximum absolute atomic E-state index is 6.07. The third-order valence-electron chi connectivity index (χ3n) is 3.50. The first kappa shape index (κ1) is 12.7. The summed E-state index contributed by atoms with van der Waals surface area (Å²) < 4.78 is 11.5. The molecule has 2 rings (SSSR count). The lowest BCUT2D eigenvalue weighted by Crippen LogP contribution is -2.44. The summed E-state index contributed by atoms with van der Waals surface area (Å²) in [5.41, 5.74) is -0.186. The van der Waals surface area contributed by atoms with Gasteiger partial charge in [-0.05, 0) is 53.2 Å². The van der Waals surface area contributed by atoms with E-state index in [1.165, 1.54) is 0 Å². The summed E-state index contributed by atoms with van der Waals surface area (Å²) in [5, 5.41) is 3.61. The van der Waals surface area contributed by atoms with Gasteiger partial charge in [0.1, 0.15) is 5.76 Å². The molecule has 1 N–H and O–H groups in total. The van der Waals surface area contributed by atoms with Gasteiger partial charge in [0, 0.05) is 6.04 Å². The Labute approximate surface area is 104 Å². The van der Waals surface area contributed by atoms with E-state index in [2.05, 4.69) is 39.9 Å². The van der Waals surface area contributed by atoms with Crippen LogP contribution in [0, 0.1) is 0 Å². The van der Waals surface area contributed by atoms with Crippen LogP contribution in [-0.4, -0.2) is 17.2 Å². The Morgan fingerprint density at radius 2 is 2.06 bits per heavy atom. The van der Waals surface area contributed by atoms with Gasteiger partial charge in [-0.15, -0.1) is 0 Å². The number of ether oxygens (including phenoxy) is 1. The van der Waals surface area contributed by atoms with Gasteiger partial charge in [0.05, 0.1) is 23.5 Å². The molecular formula is C14H23NO2.